The van der Waals surface area contributed by atoms with E-state index in [4.69, 9.17) is 28.4 Å². The number of fused-ring (bicyclic) bond motifs is 1. The second kappa shape index (κ2) is 19.6. The molecule has 0 radical (unpaired) electrons. The smallest absolute Gasteiger partial charge is 0.184 e. The van der Waals surface area contributed by atoms with Crippen LogP contribution in [0.4, 0.5) is 0 Å². The fraction of sp³-hybridized carbons (Fsp3) is 0.333. The first-order valence-electron chi connectivity index (χ1n) is 18.7. The van der Waals surface area contributed by atoms with E-state index < -0.39 is 30.7 Å². The van der Waals surface area contributed by atoms with Crippen LogP contribution in [-0.2, 0) is 41.6 Å². The molecule has 5 aromatic rings. The molecular formula is C45H48O8S2. The summed E-state index contributed by atoms with van der Waals surface area (Å²) in [7, 11) is 0. The number of ether oxygens (including phenoxy) is 6. The summed E-state index contributed by atoms with van der Waals surface area (Å²) >= 11 is 3.17. The Hall–Kier alpha value is -3.52. The van der Waals surface area contributed by atoms with Gasteiger partial charge >= 0.3 is 0 Å². The molecule has 288 valence electrons. The quantitative estimate of drug-likeness (QED) is 0.136. The SMILES string of the molecule is CC1O[C@H](Sc2ccccc2)C(OCc2ccccc2)[C@@H](O)[C@@H]1O.CC1O[C@H](Sc2ccccc2)C(OCc2ccccc2)[C@H]2OC(c3ccccc3)O[C@H]12. The van der Waals surface area contributed by atoms with Gasteiger partial charge in [0.05, 0.1) is 25.4 Å². The molecular weight excluding hydrogens is 733 g/mol. The van der Waals surface area contributed by atoms with Crippen molar-refractivity contribution in [1.82, 2.24) is 0 Å². The first-order valence-corrected chi connectivity index (χ1v) is 20.5. The van der Waals surface area contributed by atoms with Crippen molar-refractivity contribution in [3.63, 3.8) is 0 Å². The molecule has 0 saturated carbocycles. The molecule has 3 heterocycles. The molecule has 0 bridgehead atoms. The Kier molecular flexibility index (Phi) is 14.1. The molecule has 8 rings (SSSR count). The molecule has 8 nitrogen and oxygen atoms in total. The molecule has 0 aliphatic carbocycles. The fourth-order valence-corrected chi connectivity index (χ4v) is 9.11. The van der Waals surface area contributed by atoms with Crippen LogP contribution in [0.3, 0.4) is 0 Å². The van der Waals surface area contributed by atoms with Crippen molar-refractivity contribution in [2.75, 3.05) is 0 Å². The van der Waals surface area contributed by atoms with Crippen LogP contribution >= 0.6 is 23.5 Å². The van der Waals surface area contributed by atoms with Crippen molar-refractivity contribution in [2.24, 2.45) is 0 Å². The normalized spacial score (nSPS) is 30.1. The van der Waals surface area contributed by atoms with Crippen molar-refractivity contribution in [1.29, 1.82) is 0 Å². The van der Waals surface area contributed by atoms with Crippen LogP contribution in [0.5, 0.6) is 0 Å². The predicted molar refractivity (Wildman–Crippen MR) is 214 cm³/mol. The van der Waals surface area contributed by atoms with Crippen LogP contribution < -0.4 is 0 Å². The summed E-state index contributed by atoms with van der Waals surface area (Å²) in [4.78, 5) is 2.18. The number of aliphatic hydroxyl groups excluding tert-OH is 2. The average molecular weight is 781 g/mol. The van der Waals surface area contributed by atoms with E-state index in [0.29, 0.717) is 13.2 Å². The molecule has 0 amide bonds. The third-order valence-corrected chi connectivity index (χ3v) is 12.0. The van der Waals surface area contributed by atoms with E-state index in [-0.39, 0.29) is 35.3 Å². The van der Waals surface area contributed by atoms with Crippen molar-refractivity contribution < 1.29 is 38.6 Å². The van der Waals surface area contributed by atoms with Gasteiger partial charge in [0.15, 0.2) is 6.29 Å². The van der Waals surface area contributed by atoms with E-state index in [2.05, 4.69) is 31.2 Å². The third-order valence-electron chi connectivity index (χ3n) is 9.71. The second-order valence-corrected chi connectivity index (χ2v) is 16.1. The first kappa shape index (κ1) is 39.7. The standard InChI is InChI=1S/C26H26O4S.C19H22O4S/c1-18-22-23(30-25(29-22)20-13-7-3-8-14-20)24(27-17-19-11-5-2-6-12-19)26(28-18)31-21-15-9-4-10-16-21;1-13-16(20)17(21)18(22-12-14-8-4-2-5-9-14)19(23-13)24-15-10-6-3-7-11-15/h2-16,18,22-26H,17H2,1H3;2-11,13,16-21H,12H2,1H3/t18?,22-,23+,24?,25?,26-;13?,16-,17+,18?,19-/m11/s1. The van der Waals surface area contributed by atoms with E-state index in [9.17, 15) is 10.2 Å². The van der Waals surface area contributed by atoms with Gasteiger partial charge in [-0.1, -0.05) is 151 Å². The van der Waals surface area contributed by atoms with Gasteiger partial charge in [0, 0.05) is 15.4 Å². The highest BCUT2D eigenvalue weighted by Gasteiger charge is 2.52. The summed E-state index contributed by atoms with van der Waals surface area (Å²) in [6, 6.07) is 50.2. The monoisotopic (exact) mass is 780 g/mol. The Morgan fingerprint density at radius 3 is 1.42 bits per heavy atom. The van der Waals surface area contributed by atoms with Crippen LogP contribution in [0, 0.1) is 0 Å². The van der Waals surface area contributed by atoms with Crippen molar-refractivity contribution in [2.45, 2.75) is 103 Å². The molecule has 3 saturated heterocycles. The number of hydrogen-bond acceptors (Lipinski definition) is 10. The Morgan fingerprint density at radius 1 is 0.473 bits per heavy atom. The number of benzene rings is 5. The molecule has 3 fully saturated rings. The van der Waals surface area contributed by atoms with Gasteiger partial charge < -0.3 is 38.6 Å². The van der Waals surface area contributed by atoms with Crippen molar-refractivity contribution in [3.8, 4) is 0 Å². The topological polar surface area (TPSA) is 95.8 Å². The van der Waals surface area contributed by atoms with Gasteiger partial charge in [-0.2, -0.15) is 0 Å². The lowest BCUT2D eigenvalue weighted by Gasteiger charge is -2.41. The Morgan fingerprint density at radius 2 is 0.891 bits per heavy atom. The van der Waals surface area contributed by atoms with Crippen LogP contribution in [-0.4, -0.2) is 69.9 Å². The minimum Gasteiger partial charge on any atom is -0.388 e. The lowest BCUT2D eigenvalue weighted by molar-refractivity contribution is -0.210. The van der Waals surface area contributed by atoms with Crippen LogP contribution in [0.25, 0.3) is 0 Å². The molecule has 2 N–H and O–H groups in total. The summed E-state index contributed by atoms with van der Waals surface area (Å²) in [6.07, 6.45) is -4.17. The summed E-state index contributed by atoms with van der Waals surface area (Å²) in [5.41, 5.74) is 2.57. The molecule has 5 aromatic carbocycles. The zero-order valence-corrected chi connectivity index (χ0v) is 32.5. The maximum absolute atomic E-state index is 10.5. The largest absolute Gasteiger partial charge is 0.388 e. The molecule has 55 heavy (non-hydrogen) atoms. The highest BCUT2D eigenvalue weighted by atomic mass is 32.2. The molecule has 11 atom stereocenters. The van der Waals surface area contributed by atoms with Crippen molar-refractivity contribution >= 4 is 23.5 Å². The van der Waals surface area contributed by atoms with E-state index in [1.54, 1.807) is 18.7 Å². The van der Waals surface area contributed by atoms with Gasteiger partial charge in [-0.15, -0.1) is 0 Å². The maximum Gasteiger partial charge on any atom is 0.184 e. The highest BCUT2D eigenvalue weighted by Crippen LogP contribution is 2.44. The predicted octanol–water partition coefficient (Wildman–Crippen LogP) is 8.42. The van der Waals surface area contributed by atoms with Gasteiger partial charge in [-0.05, 0) is 49.2 Å². The average Bonchev–Trinajstić information content (AvgIpc) is 3.68. The Balaban J connectivity index is 0.000000175. The molecule has 0 aromatic heterocycles. The lowest BCUT2D eigenvalue weighted by atomic mass is 10.0. The van der Waals surface area contributed by atoms with E-state index in [1.165, 1.54) is 11.8 Å². The minimum absolute atomic E-state index is 0.100. The van der Waals surface area contributed by atoms with Crippen LogP contribution in [0.2, 0.25) is 0 Å². The molecule has 3 aliphatic heterocycles. The summed E-state index contributed by atoms with van der Waals surface area (Å²) in [5.74, 6) is 0. The highest BCUT2D eigenvalue weighted by molar-refractivity contribution is 8.00. The van der Waals surface area contributed by atoms with Gasteiger partial charge in [0.1, 0.15) is 47.5 Å². The zero-order chi connectivity index (χ0) is 38.0. The zero-order valence-electron chi connectivity index (χ0n) is 30.9. The van der Waals surface area contributed by atoms with Gasteiger partial charge in [0.25, 0.3) is 0 Å². The molecule has 10 heteroatoms. The lowest BCUT2D eigenvalue weighted by Crippen LogP contribution is -2.56. The Labute approximate surface area is 332 Å². The van der Waals surface area contributed by atoms with Gasteiger partial charge in [-0.25, -0.2) is 0 Å². The number of aliphatic hydroxyl groups is 2. The van der Waals surface area contributed by atoms with E-state index >= 15 is 0 Å². The van der Waals surface area contributed by atoms with E-state index in [1.807, 2.05) is 127 Å². The summed E-state index contributed by atoms with van der Waals surface area (Å²) in [6.45, 7) is 4.68. The van der Waals surface area contributed by atoms with Crippen molar-refractivity contribution in [3.05, 3.63) is 168 Å². The second-order valence-electron chi connectivity index (χ2n) is 13.7. The Bertz CT molecular complexity index is 1840. The minimum atomic E-state index is -0.987. The molecule has 3 aliphatic rings. The van der Waals surface area contributed by atoms with Gasteiger partial charge in [-0.3, -0.25) is 0 Å². The molecule has 0 spiro atoms. The summed E-state index contributed by atoms with van der Waals surface area (Å²) < 4.78 is 37.5. The van der Waals surface area contributed by atoms with Crippen LogP contribution in [0.15, 0.2) is 161 Å². The third kappa shape index (κ3) is 10.5. The first-order chi connectivity index (χ1) is 26.9. The van der Waals surface area contributed by atoms with E-state index in [0.717, 1.165) is 26.5 Å². The van der Waals surface area contributed by atoms with Gasteiger partial charge in [0.2, 0.25) is 0 Å². The number of hydrogen-bond donors (Lipinski definition) is 2. The van der Waals surface area contributed by atoms with Crippen LogP contribution in [0.1, 0.15) is 36.8 Å². The molecule has 5 unspecified atom stereocenters. The fourth-order valence-electron chi connectivity index (χ4n) is 6.75. The number of thioether (sulfide) groups is 2. The summed E-state index contributed by atoms with van der Waals surface area (Å²) in [5, 5.41) is 20.6. The number of rotatable bonds is 11. The maximum atomic E-state index is 10.5.